The Bertz CT molecular complexity index is 711. The number of benzene rings is 1. The van der Waals surface area contributed by atoms with Crippen LogP contribution in [0.2, 0.25) is 0 Å². The summed E-state index contributed by atoms with van der Waals surface area (Å²) >= 11 is 0. The molecule has 2 aromatic rings. The van der Waals surface area contributed by atoms with E-state index in [-0.39, 0.29) is 12.5 Å². The Balaban J connectivity index is 1.55. The third kappa shape index (κ3) is 4.39. The zero-order chi connectivity index (χ0) is 17.6. The van der Waals surface area contributed by atoms with Gasteiger partial charge in [0.25, 0.3) is 5.91 Å². The van der Waals surface area contributed by atoms with Crippen LogP contribution >= 0.6 is 0 Å². The summed E-state index contributed by atoms with van der Waals surface area (Å²) in [5.41, 5.74) is 1.06. The van der Waals surface area contributed by atoms with Crippen LogP contribution in [0.15, 0.2) is 36.7 Å². The van der Waals surface area contributed by atoms with Crippen molar-refractivity contribution in [1.29, 1.82) is 0 Å². The largest absolute Gasteiger partial charge is 0.483 e. The number of likely N-dealkylation sites (N-methyl/N-ethyl adjacent to an activating group) is 1. The Kier molecular flexibility index (Phi) is 5.71. The summed E-state index contributed by atoms with van der Waals surface area (Å²) in [7, 11) is 3.46. The summed E-state index contributed by atoms with van der Waals surface area (Å²) in [4.78, 5) is 17.8. The Hall–Kier alpha value is -2.34. The van der Waals surface area contributed by atoms with Crippen molar-refractivity contribution in [3.8, 4) is 5.75 Å². The zero-order valence-electron chi connectivity index (χ0n) is 14.9. The smallest absolute Gasteiger partial charge is 0.259 e. The third-order valence-electron chi connectivity index (χ3n) is 4.59. The lowest BCUT2D eigenvalue weighted by Crippen LogP contribution is -2.28. The number of nitrogens with one attached hydrogen (secondary N) is 1. The summed E-state index contributed by atoms with van der Waals surface area (Å²) in [5, 5.41) is 3.52. The minimum atomic E-state index is -0.0446. The van der Waals surface area contributed by atoms with E-state index in [1.807, 2.05) is 30.5 Å². The fourth-order valence-corrected chi connectivity index (χ4v) is 3.14. The standard InChI is InChI=1S/C19H26N4O2/c1-22(2)18(24)14-25-17-8-4-3-6-15(17)12-20-13-16-7-5-10-23-11-9-21-19(16)23/h3-4,6,8-9,11,16,20H,5,7,10,12-14H2,1-2H3/t16-/m1/s1. The molecule has 1 amide bonds. The number of fused-ring (bicyclic) bond motifs is 1. The molecular weight excluding hydrogens is 316 g/mol. The number of hydrogen-bond donors (Lipinski definition) is 1. The van der Waals surface area contributed by atoms with Crippen LogP contribution in [0.1, 0.15) is 30.1 Å². The maximum atomic E-state index is 11.7. The highest BCUT2D eigenvalue weighted by Gasteiger charge is 2.20. The maximum absolute atomic E-state index is 11.7. The molecule has 3 rings (SSSR count). The fraction of sp³-hybridized carbons (Fsp3) is 0.474. The molecule has 6 nitrogen and oxygen atoms in total. The minimum Gasteiger partial charge on any atom is -0.483 e. The number of carbonyl (C=O) groups excluding carboxylic acids is 1. The average molecular weight is 342 g/mol. The van der Waals surface area contributed by atoms with E-state index in [1.54, 1.807) is 14.1 Å². The van der Waals surface area contributed by atoms with Gasteiger partial charge in [0.1, 0.15) is 11.6 Å². The predicted octanol–water partition coefficient (Wildman–Crippen LogP) is 2.02. The van der Waals surface area contributed by atoms with Gasteiger partial charge in [-0.3, -0.25) is 4.79 Å². The molecule has 1 aliphatic heterocycles. The van der Waals surface area contributed by atoms with Crippen LogP contribution in [0.3, 0.4) is 0 Å². The van der Waals surface area contributed by atoms with Crippen LogP contribution in [0.5, 0.6) is 5.75 Å². The molecule has 0 saturated heterocycles. The van der Waals surface area contributed by atoms with Crippen LogP contribution in [0.25, 0.3) is 0 Å². The van der Waals surface area contributed by atoms with Gasteiger partial charge >= 0.3 is 0 Å². The molecule has 0 spiro atoms. The Morgan fingerprint density at radius 2 is 2.24 bits per heavy atom. The molecule has 1 aromatic carbocycles. The van der Waals surface area contributed by atoms with Crippen molar-refractivity contribution in [2.75, 3.05) is 27.2 Å². The summed E-state index contributed by atoms with van der Waals surface area (Å²) in [5.74, 6) is 2.35. The first-order valence-electron chi connectivity index (χ1n) is 8.77. The van der Waals surface area contributed by atoms with Gasteiger partial charge < -0.3 is 19.5 Å². The number of aromatic nitrogens is 2. The molecule has 0 unspecified atom stereocenters. The third-order valence-corrected chi connectivity index (χ3v) is 4.59. The van der Waals surface area contributed by atoms with Gasteiger partial charge in [-0.2, -0.15) is 0 Å². The summed E-state index contributed by atoms with van der Waals surface area (Å²) in [6.07, 6.45) is 6.31. The first-order valence-corrected chi connectivity index (χ1v) is 8.77. The van der Waals surface area contributed by atoms with Gasteiger partial charge in [-0.25, -0.2) is 4.98 Å². The molecule has 25 heavy (non-hydrogen) atoms. The summed E-state index contributed by atoms with van der Waals surface area (Å²) in [6.45, 7) is 2.73. The molecule has 1 aromatic heterocycles. The molecule has 2 heterocycles. The lowest BCUT2D eigenvalue weighted by atomic mass is 9.99. The second kappa shape index (κ2) is 8.16. The molecule has 0 saturated carbocycles. The molecule has 1 N–H and O–H groups in total. The maximum Gasteiger partial charge on any atom is 0.259 e. The van der Waals surface area contributed by atoms with Gasteiger partial charge in [0.2, 0.25) is 0 Å². The highest BCUT2D eigenvalue weighted by atomic mass is 16.5. The SMILES string of the molecule is CN(C)C(=O)COc1ccccc1CNC[C@H]1CCCn2ccnc21. The number of nitrogens with zero attached hydrogens (tertiary/aromatic N) is 3. The average Bonchev–Trinajstić information content (AvgIpc) is 3.10. The van der Waals surface area contributed by atoms with E-state index in [0.29, 0.717) is 12.5 Å². The number of rotatable bonds is 7. The van der Waals surface area contributed by atoms with Gasteiger partial charge in [0.15, 0.2) is 6.61 Å². The highest BCUT2D eigenvalue weighted by molar-refractivity contribution is 5.77. The van der Waals surface area contributed by atoms with Crippen LogP contribution in [0, 0.1) is 0 Å². The lowest BCUT2D eigenvalue weighted by Gasteiger charge is -2.24. The van der Waals surface area contributed by atoms with Crippen LogP contribution < -0.4 is 10.1 Å². The Morgan fingerprint density at radius 1 is 1.40 bits per heavy atom. The summed E-state index contributed by atoms with van der Waals surface area (Å²) in [6, 6.07) is 7.86. The van der Waals surface area contributed by atoms with Crippen LogP contribution in [-0.4, -0.2) is 47.6 Å². The number of amides is 1. The van der Waals surface area contributed by atoms with E-state index < -0.39 is 0 Å². The van der Waals surface area contributed by atoms with Gasteiger partial charge in [-0.1, -0.05) is 18.2 Å². The number of aryl methyl sites for hydroxylation is 1. The van der Waals surface area contributed by atoms with E-state index in [1.165, 1.54) is 23.6 Å². The molecule has 1 atom stereocenters. The number of hydrogen-bond acceptors (Lipinski definition) is 4. The minimum absolute atomic E-state index is 0.0446. The number of carbonyl (C=O) groups is 1. The van der Waals surface area contributed by atoms with Gasteiger partial charge in [0.05, 0.1) is 0 Å². The topological polar surface area (TPSA) is 59.4 Å². The van der Waals surface area contributed by atoms with Gasteiger partial charge in [-0.15, -0.1) is 0 Å². The molecule has 134 valence electrons. The zero-order valence-corrected chi connectivity index (χ0v) is 14.9. The summed E-state index contributed by atoms with van der Waals surface area (Å²) < 4.78 is 7.95. The molecule has 1 aliphatic rings. The highest BCUT2D eigenvalue weighted by Crippen LogP contribution is 2.25. The van der Waals surface area contributed by atoms with Crippen molar-refractivity contribution in [2.24, 2.45) is 0 Å². The number of para-hydroxylation sites is 1. The Morgan fingerprint density at radius 3 is 3.08 bits per heavy atom. The van der Waals surface area contributed by atoms with Crippen molar-refractivity contribution in [1.82, 2.24) is 19.8 Å². The second-order valence-electron chi connectivity index (χ2n) is 6.63. The van der Waals surface area contributed by atoms with Crippen molar-refractivity contribution in [3.05, 3.63) is 48.0 Å². The molecule has 0 aliphatic carbocycles. The first-order chi connectivity index (χ1) is 12.1. The van der Waals surface area contributed by atoms with E-state index >= 15 is 0 Å². The molecular formula is C19H26N4O2. The quantitative estimate of drug-likeness (QED) is 0.836. The predicted molar refractivity (Wildman–Crippen MR) is 96.5 cm³/mol. The monoisotopic (exact) mass is 342 g/mol. The second-order valence-corrected chi connectivity index (χ2v) is 6.63. The fourth-order valence-electron chi connectivity index (χ4n) is 3.14. The van der Waals surface area contributed by atoms with E-state index in [4.69, 9.17) is 4.74 Å². The van der Waals surface area contributed by atoms with Gasteiger partial charge in [-0.05, 0) is 18.9 Å². The van der Waals surface area contributed by atoms with E-state index in [9.17, 15) is 4.79 Å². The first kappa shape index (κ1) is 17.5. The molecule has 0 fully saturated rings. The molecule has 0 radical (unpaired) electrons. The van der Waals surface area contributed by atoms with Crippen molar-refractivity contribution < 1.29 is 9.53 Å². The number of ether oxygens (including phenoxy) is 1. The number of imidazole rings is 1. The van der Waals surface area contributed by atoms with Crippen molar-refractivity contribution >= 4 is 5.91 Å². The van der Waals surface area contributed by atoms with Gasteiger partial charge in [0, 0.05) is 57.6 Å². The van der Waals surface area contributed by atoms with Crippen LogP contribution in [-0.2, 0) is 17.9 Å². The normalized spacial score (nSPS) is 16.3. The van der Waals surface area contributed by atoms with Crippen molar-refractivity contribution in [2.45, 2.75) is 31.8 Å². The molecule has 6 heteroatoms. The van der Waals surface area contributed by atoms with Crippen LogP contribution in [0.4, 0.5) is 0 Å². The van der Waals surface area contributed by atoms with E-state index in [2.05, 4.69) is 21.1 Å². The lowest BCUT2D eigenvalue weighted by molar-refractivity contribution is -0.130. The van der Waals surface area contributed by atoms with E-state index in [0.717, 1.165) is 24.4 Å². The molecule has 0 bridgehead atoms. The Labute approximate surface area is 148 Å². The van der Waals surface area contributed by atoms with Crippen molar-refractivity contribution in [3.63, 3.8) is 0 Å².